The van der Waals surface area contributed by atoms with Gasteiger partial charge in [0.2, 0.25) is 0 Å². The van der Waals surface area contributed by atoms with Gasteiger partial charge in [-0.1, -0.05) is 39.3 Å². The van der Waals surface area contributed by atoms with Crippen molar-refractivity contribution in [3.05, 3.63) is 57.2 Å². The number of allylic oxidation sites excluding steroid dienone is 2. The first-order valence-electron chi connectivity index (χ1n) is 17.1. The van der Waals surface area contributed by atoms with Crippen LogP contribution in [0.3, 0.4) is 0 Å². The molecule has 0 saturated heterocycles. The molecule has 0 spiro atoms. The monoisotopic (exact) mass is 652 g/mol. The normalized spacial score (nSPS) is 38.6. The Bertz CT molecular complexity index is 1450. The average Bonchev–Trinajstić information content (AvgIpc) is 3.27. The zero-order valence-electron chi connectivity index (χ0n) is 28.9. The highest BCUT2D eigenvalue weighted by atomic mass is 16.7. The third kappa shape index (κ3) is 6.12. The summed E-state index contributed by atoms with van der Waals surface area (Å²) < 4.78 is 6.05. The van der Waals surface area contributed by atoms with Gasteiger partial charge >= 0.3 is 5.97 Å². The summed E-state index contributed by atoms with van der Waals surface area (Å²) in [5, 5.41) is 34.0. The summed E-state index contributed by atoms with van der Waals surface area (Å²) in [6, 6.07) is 5.45. The van der Waals surface area contributed by atoms with Crippen LogP contribution in [0.1, 0.15) is 99.8 Å². The van der Waals surface area contributed by atoms with Crippen LogP contribution in [0.4, 0.5) is 5.69 Å². The Morgan fingerprint density at radius 2 is 1.72 bits per heavy atom. The molecule has 10 atom stereocenters. The number of esters is 1. The number of nitrogens with one attached hydrogen (secondary N) is 1. The van der Waals surface area contributed by atoms with Crippen LogP contribution in [0.15, 0.2) is 47.1 Å². The van der Waals surface area contributed by atoms with E-state index in [1.807, 2.05) is 13.8 Å². The number of carbonyl (C=O) groups excluding carboxylic acids is 2. The number of aliphatic hydroxyl groups is 2. The maximum absolute atomic E-state index is 14.1. The summed E-state index contributed by atoms with van der Waals surface area (Å²) in [5.74, 6) is -0.391. The molecule has 4 saturated carbocycles. The van der Waals surface area contributed by atoms with E-state index in [9.17, 15) is 29.9 Å². The van der Waals surface area contributed by atoms with Gasteiger partial charge in [0, 0.05) is 24.6 Å². The lowest BCUT2D eigenvalue weighted by molar-refractivity contribution is -0.384. The van der Waals surface area contributed by atoms with Crippen LogP contribution in [-0.2, 0) is 14.3 Å². The van der Waals surface area contributed by atoms with E-state index in [0.717, 1.165) is 36.8 Å². The molecule has 10 nitrogen and oxygen atoms in total. The Hall–Kier alpha value is -3.24. The van der Waals surface area contributed by atoms with Crippen molar-refractivity contribution in [3.63, 3.8) is 0 Å². The van der Waals surface area contributed by atoms with Crippen molar-refractivity contribution in [2.24, 2.45) is 39.9 Å². The quantitative estimate of drug-likeness (QED) is 0.0936. The van der Waals surface area contributed by atoms with Crippen LogP contribution in [0.25, 0.3) is 0 Å². The highest BCUT2D eigenvalue weighted by molar-refractivity contribution is 5.94. The smallest absolute Gasteiger partial charge is 0.303 e. The molecular formula is C37H52N2O8. The summed E-state index contributed by atoms with van der Waals surface area (Å²) in [5.41, 5.74) is 3.99. The van der Waals surface area contributed by atoms with Crippen LogP contribution in [0, 0.1) is 50.0 Å². The number of nitrogens with zero attached hydrogens (tertiary/aromatic N) is 1. The van der Waals surface area contributed by atoms with E-state index in [-0.39, 0.29) is 51.5 Å². The summed E-state index contributed by atoms with van der Waals surface area (Å²) in [6.45, 7) is 14.4. The zero-order chi connectivity index (χ0) is 34.5. The number of ether oxygens (including phenoxy) is 1. The molecule has 10 heteroatoms. The highest BCUT2D eigenvalue weighted by Gasteiger charge is 2.70. The Labute approximate surface area is 278 Å². The maximum Gasteiger partial charge on any atom is 0.303 e. The Morgan fingerprint density at radius 3 is 2.34 bits per heavy atom. The van der Waals surface area contributed by atoms with Gasteiger partial charge < -0.3 is 19.8 Å². The largest absolute Gasteiger partial charge is 0.458 e. The van der Waals surface area contributed by atoms with E-state index >= 15 is 0 Å². The number of aliphatic hydroxyl groups excluding tert-OH is 2. The molecule has 0 heterocycles. The van der Waals surface area contributed by atoms with Gasteiger partial charge in [0.05, 0.1) is 17.1 Å². The van der Waals surface area contributed by atoms with E-state index < -0.39 is 29.0 Å². The number of fused-ring (bicyclic) bond motifs is 5. The molecule has 0 unspecified atom stereocenters. The highest BCUT2D eigenvalue weighted by Crippen LogP contribution is 2.74. The van der Waals surface area contributed by atoms with E-state index in [2.05, 4.69) is 39.3 Å². The van der Waals surface area contributed by atoms with Crippen molar-refractivity contribution in [1.29, 1.82) is 0 Å². The maximum atomic E-state index is 14.1. The van der Waals surface area contributed by atoms with Gasteiger partial charge in [-0.2, -0.15) is 5.48 Å². The number of nitro benzene ring substituents is 1. The molecule has 0 aromatic heterocycles. The van der Waals surface area contributed by atoms with Crippen molar-refractivity contribution in [1.82, 2.24) is 5.48 Å². The lowest BCUT2D eigenvalue weighted by Crippen LogP contribution is -2.65. The second kappa shape index (κ2) is 13.0. The number of benzene rings is 1. The number of rotatable bonds is 8. The topological polar surface area (TPSA) is 148 Å². The molecule has 1 aromatic carbocycles. The molecule has 0 aliphatic heterocycles. The predicted octanol–water partition coefficient (Wildman–Crippen LogP) is 6.60. The van der Waals surface area contributed by atoms with Gasteiger partial charge in [0.25, 0.3) is 11.6 Å². The van der Waals surface area contributed by atoms with Crippen LogP contribution >= 0.6 is 0 Å². The van der Waals surface area contributed by atoms with Gasteiger partial charge in [0.1, 0.15) is 6.10 Å². The fraction of sp³-hybridized carbons (Fsp3) is 0.676. The minimum atomic E-state index is -0.630. The number of hydrogen-bond donors (Lipinski definition) is 3. The SMILES string of the molecule is CC(=O)O[C@H]1C[C@@]2(C)[C@@H](C[C@@H](O)[C@H]3[C@@]4(C)CC[C@@H](O)[C@@H](C)[C@@H]4CC[C@@]32C)/C1=C(\CCC=C(C)C)C(=O)NOc1ccc([N+](=O)[O-])cc1. The van der Waals surface area contributed by atoms with Crippen LogP contribution in [-0.4, -0.2) is 45.3 Å². The van der Waals surface area contributed by atoms with Crippen LogP contribution in [0.2, 0.25) is 0 Å². The van der Waals surface area contributed by atoms with Crippen molar-refractivity contribution in [2.75, 3.05) is 0 Å². The molecule has 3 N–H and O–H groups in total. The van der Waals surface area contributed by atoms with Gasteiger partial charge in [-0.15, -0.1) is 0 Å². The average molecular weight is 653 g/mol. The minimum Gasteiger partial charge on any atom is -0.458 e. The summed E-state index contributed by atoms with van der Waals surface area (Å²) in [6.07, 6.45) is 5.85. The van der Waals surface area contributed by atoms with Crippen LogP contribution < -0.4 is 10.3 Å². The molecule has 0 bridgehead atoms. The Balaban J connectivity index is 1.56. The number of carbonyl (C=O) groups is 2. The molecule has 4 aliphatic carbocycles. The fourth-order valence-corrected chi connectivity index (χ4v) is 10.6. The Kier molecular flexibility index (Phi) is 9.70. The van der Waals surface area contributed by atoms with Gasteiger partial charge in [-0.25, -0.2) is 0 Å². The first-order valence-corrected chi connectivity index (χ1v) is 17.1. The number of non-ortho nitro benzene ring substituents is 1. The van der Waals surface area contributed by atoms with E-state index in [1.165, 1.54) is 31.2 Å². The first kappa shape index (κ1) is 35.1. The number of hydroxylamine groups is 1. The van der Waals surface area contributed by atoms with E-state index in [4.69, 9.17) is 9.57 Å². The summed E-state index contributed by atoms with van der Waals surface area (Å²) in [4.78, 5) is 42.8. The summed E-state index contributed by atoms with van der Waals surface area (Å²) in [7, 11) is 0. The molecular weight excluding hydrogens is 600 g/mol. The third-order valence-corrected chi connectivity index (χ3v) is 12.9. The second-order valence-electron chi connectivity index (χ2n) is 15.6. The molecule has 1 amide bonds. The molecule has 5 rings (SSSR count). The van der Waals surface area contributed by atoms with Crippen molar-refractivity contribution in [2.45, 2.75) is 118 Å². The molecule has 4 fully saturated rings. The molecule has 1 aromatic rings. The molecule has 258 valence electrons. The number of amides is 1. The lowest BCUT2D eigenvalue weighted by atomic mass is 9.36. The van der Waals surface area contributed by atoms with Crippen molar-refractivity contribution in [3.8, 4) is 5.75 Å². The minimum absolute atomic E-state index is 0.00398. The summed E-state index contributed by atoms with van der Waals surface area (Å²) >= 11 is 0. The van der Waals surface area contributed by atoms with E-state index in [0.29, 0.717) is 37.2 Å². The van der Waals surface area contributed by atoms with Crippen LogP contribution in [0.5, 0.6) is 5.75 Å². The lowest BCUT2D eigenvalue weighted by Gasteiger charge is -2.69. The Morgan fingerprint density at radius 1 is 1.04 bits per heavy atom. The first-order chi connectivity index (χ1) is 22.0. The molecule has 4 aliphatic rings. The number of hydrogen-bond acceptors (Lipinski definition) is 8. The fourth-order valence-electron chi connectivity index (χ4n) is 10.6. The van der Waals surface area contributed by atoms with Gasteiger partial charge in [0.15, 0.2) is 5.75 Å². The van der Waals surface area contributed by atoms with Gasteiger partial charge in [-0.05, 0) is 123 Å². The molecule has 0 radical (unpaired) electrons. The standard InChI is InChI=1S/C37H52N2O8/c1-21(2)9-8-10-26(34(43)38-47-25-13-11-24(12-14-25)39(44)45)32-28-19-30(42)33-35(5)17-16-29(41)22(3)27(35)15-18-36(33,6)37(28,7)20-31(32)46-23(4)40/h9,11-14,22,27-31,33,41-42H,8,10,15-20H2,1-7H3,(H,38,43)/b32-26-/t22-,27-,28-,29+,30+,31-,33-,35-,36-,37-/m0/s1. The van der Waals surface area contributed by atoms with Gasteiger partial charge in [-0.3, -0.25) is 19.7 Å². The van der Waals surface area contributed by atoms with E-state index in [1.54, 1.807) is 0 Å². The zero-order valence-corrected chi connectivity index (χ0v) is 28.9. The van der Waals surface area contributed by atoms with Crippen molar-refractivity contribution >= 4 is 17.6 Å². The third-order valence-electron chi connectivity index (χ3n) is 12.9. The number of nitro groups is 1. The predicted molar refractivity (Wildman–Crippen MR) is 177 cm³/mol. The second-order valence-corrected chi connectivity index (χ2v) is 15.6. The molecule has 47 heavy (non-hydrogen) atoms. The van der Waals surface area contributed by atoms with Crippen molar-refractivity contribution < 1.29 is 34.3 Å².